The molecule has 1 heterocycles. The first kappa shape index (κ1) is 14.1. The topological polar surface area (TPSA) is 33.2 Å². The first-order valence-electron chi connectivity index (χ1n) is 6.53. The van der Waals surface area contributed by atoms with Crippen LogP contribution in [-0.4, -0.2) is 42.2 Å². The van der Waals surface area contributed by atoms with Crippen molar-refractivity contribution >= 4 is 23.3 Å². The molecule has 0 saturated carbocycles. The van der Waals surface area contributed by atoms with Gasteiger partial charge < -0.3 is 19.2 Å². The van der Waals surface area contributed by atoms with Crippen LogP contribution in [0.5, 0.6) is 5.75 Å². The number of unbranched alkanes of at least 4 members (excludes halogenated alkanes) is 1. The van der Waals surface area contributed by atoms with Crippen LogP contribution in [0, 0.1) is 4.77 Å². The normalized spacial score (nSPS) is 11.4. The molecule has 1 aromatic heterocycles. The second kappa shape index (κ2) is 6.21. The van der Waals surface area contributed by atoms with E-state index in [9.17, 15) is 0 Å². The number of imidazole rings is 1. The van der Waals surface area contributed by atoms with E-state index in [1.165, 1.54) is 6.42 Å². The van der Waals surface area contributed by atoms with Crippen LogP contribution in [-0.2, 0) is 6.54 Å². The fourth-order valence-electron chi connectivity index (χ4n) is 2.24. The standard InChI is InChI=1S/C14H21N3OS/c1-16(2)9-4-5-10-17-11-7-6-8-12(18-3)13(11)15-14(17)19/h6-8H,4-5,9-10H2,1-3H3,(H,15,19). The number of nitrogens with zero attached hydrogens (tertiary/aromatic N) is 2. The summed E-state index contributed by atoms with van der Waals surface area (Å²) < 4.78 is 8.28. The molecule has 19 heavy (non-hydrogen) atoms. The van der Waals surface area contributed by atoms with Gasteiger partial charge in [0, 0.05) is 6.54 Å². The lowest BCUT2D eigenvalue weighted by molar-refractivity contribution is 0.388. The Kier molecular flexibility index (Phi) is 4.61. The largest absolute Gasteiger partial charge is 0.494 e. The molecule has 0 amide bonds. The van der Waals surface area contributed by atoms with Crippen molar-refractivity contribution in [3.8, 4) is 5.75 Å². The maximum absolute atomic E-state index is 5.40. The zero-order valence-electron chi connectivity index (χ0n) is 11.8. The molecule has 0 aliphatic heterocycles. The monoisotopic (exact) mass is 279 g/mol. The average Bonchev–Trinajstić information content (AvgIpc) is 2.70. The van der Waals surface area contributed by atoms with Crippen LogP contribution in [0.15, 0.2) is 18.2 Å². The Morgan fingerprint density at radius 1 is 1.32 bits per heavy atom. The average molecular weight is 279 g/mol. The van der Waals surface area contributed by atoms with E-state index in [1.54, 1.807) is 7.11 Å². The number of hydrogen-bond acceptors (Lipinski definition) is 3. The highest BCUT2D eigenvalue weighted by atomic mass is 32.1. The summed E-state index contributed by atoms with van der Waals surface area (Å²) in [6.45, 7) is 2.05. The van der Waals surface area contributed by atoms with Crippen molar-refractivity contribution in [3.05, 3.63) is 23.0 Å². The fraction of sp³-hybridized carbons (Fsp3) is 0.500. The van der Waals surface area contributed by atoms with E-state index < -0.39 is 0 Å². The van der Waals surface area contributed by atoms with E-state index in [0.29, 0.717) is 0 Å². The van der Waals surface area contributed by atoms with Gasteiger partial charge in [0.1, 0.15) is 11.3 Å². The number of fused-ring (bicyclic) bond motifs is 1. The number of rotatable bonds is 6. The molecule has 0 saturated heterocycles. The summed E-state index contributed by atoms with van der Waals surface area (Å²) in [4.78, 5) is 5.44. The molecule has 0 spiro atoms. The van der Waals surface area contributed by atoms with Crippen LogP contribution in [0.4, 0.5) is 0 Å². The molecule has 5 heteroatoms. The number of methoxy groups -OCH3 is 1. The van der Waals surface area contributed by atoms with E-state index >= 15 is 0 Å². The van der Waals surface area contributed by atoms with Crippen molar-refractivity contribution in [1.29, 1.82) is 0 Å². The maximum Gasteiger partial charge on any atom is 0.178 e. The Balaban J connectivity index is 2.19. The van der Waals surface area contributed by atoms with Crippen LogP contribution in [0.3, 0.4) is 0 Å². The molecule has 1 N–H and O–H groups in total. The molecule has 0 fully saturated rings. The lowest BCUT2D eigenvalue weighted by atomic mass is 10.2. The summed E-state index contributed by atoms with van der Waals surface area (Å²) in [6.07, 6.45) is 2.29. The molecule has 104 valence electrons. The van der Waals surface area contributed by atoms with Gasteiger partial charge in [-0.05, 0) is 57.8 Å². The molecule has 0 radical (unpaired) electrons. The molecule has 2 aromatic rings. The lowest BCUT2D eigenvalue weighted by Crippen LogP contribution is -2.13. The molecule has 1 aromatic carbocycles. The van der Waals surface area contributed by atoms with Gasteiger partial charge >= 0.3 is 0 Å². The van der Waals surface area contributed by atoms with Crippen LogP contribution >= 0.6 is 12.2 Å². The maximum atomic E-state index is 5.40. The summed E-state index contributed by atoms with van der Waals surface area (Å²) in [5.41, 5.74) is 2.11. The summed E-state index contributed by atoms with van der Waals surface area (Å²) in [5.74, 6) is 0.843. The quantitative estimate of drug-likeness (QED) is 0.652. The van der Waals surface area contributed by atoms with Gasteiger partial charge in [-0.3, -0.25) is 0 Å². The van der Waals surface area contributed by atoms with Gasteiger partial charge in [-0.25, -0.2) is 0 Å². The number of nitrogens with one attached hydrogen (secondary N) is 1. The van der Waals surface area contributed by atoms with Crippen molar-refractivity contribution in [1.82, 2.24) is 14.5 Å². The summed E-state index contributed by atoms with van der Waals surface area (Å²) in [6, 6.07) is 6.03. The first-order valence-corrected chi connectivity index (χ1v) is 6.94. The third kappa shape index (κ3) is 3.16. The molecule has 0 unspecified atom stereocenters. The van der Waals surface area contributed by atoms with Gasteiger partial charge in [-0.2, -0.15) is 0 Å². The predicted molar refractivity (Wildman–Crippen MR) is 81.5 cm³/mol. The third-order valence-corrected chi connectivity index (χ3v) is 3.55. The molecule has 4 nitrogen and oxygen atoms in total. The minimum Gasteiger partial charge on any atom is -0.494 e. The number of ether oxygens (including phenoxy) is 1. The van der Waals surface area contributed by atoms with Crippen molar-refractivity contribution in [2.75, 3.05) is 27.7 Å². The zero-order chi connectivity index (χ0) is 13.8. The van der Waals surface area contributed by atoms with Gasteiger partial charge in [0.2, 0.25) is 0 Å². The smallest absolute Gasteiger partial charge is 0.178 e. The predicted octanol–water partition coefficient (Wildman–Crippen LogP) is 3.05. The molecular weight excluding hydrogens is 258 g/mol. The van der Waals surface area contributed by atoms with Crippen molar-refractivity contribution < 1.29 is 4.74 Å². The lowest BCUT2D eigenvalue weighted by Gasteiger charge is -2.09. The number of benzene rings is 1. The Bertz CT molecular complexity index is 600. The van der Waals surface area contributed by atoms with E-state index in [1.807, 2.05) is 12.1 Å². The SMILES string of the molecule is COc1cccc2c1[nH]c(=S)n2CCCCN(C)C. The molecule has 0 bridgehead atoms. The summed E-state index contributed by atoms with van der Waals surface area (Å²) in [5, 5.41) is 0. The summed E-state index contributed by atoms with van der Waals surface area (Å²) in [7, 11) is 5.88. The van der Waals surface area contributed by atoms with E-state index in [4.69, 9.17) is 17.0 Å². The molecular formula is C14H21N3OS. The molecule has 0 aliphatic carbocycles. The molecule has 0 aliphatic rings. The Morgan fingerprint density at radius 2 is 2.11 bits per heavy atom. The second-order valence-electron chi connectivity index (χ2n) is 4.95. The van der Waals surface area contributed by atoms with Crippen LogP contribution < -0.4 is 4.74 Å². The zero-order valence-corrected chi connectivity index (χ0v) is 12.6. The number of hydrogen-bond donors (Lipinski definition) is 1. The molecule has 0 atom stereocenters. The number of aryl methyl sites for hydroxylation is 1. The number of aromatic nitrogens is 2. The van der Waals surface area contributed by atoms with Crippen molar-refractivity contribution in [2.45, 2.75) is 19.4 Å². The highest BCUT2D eigenvalue weighted by molar-refractivity contribution is 7.71. The second-order valence-corrected chi connectivity index (χ2v) is 5.33. The van der Waals surface area contributed by atoms with Gasteiger partial charge in [0.15, 0.2) is 4.77 Å². The number of H-pyrrole nitrogens is 1. The Hall–Kier alpha value is -1.33. The Labute approximate surface area is 119 Å². The number of aromatic amines is 1. The van der Waals surface area contributed by atoms with E-state index in [-0.39, 0.29) is 0 Å². The van der Waals surface area contributed by atoms with E-state index in [0.717, 1.165) is 41.1 Å². The van der Waals surface area contributed by atoms with Crippen LogP contribution in [0.25, 0.3) is 11.0 Å². The van der Waals surface area contributed by atoms with Crippen molar-refractivity contribution in [2.24, 2.45) is 0 Å². The summed E-state index contributed by atoms with van der Waals surface area (Å²) >= 11 is 5.40. The third-order valence-electron chi connectivity index (χ3n) is 3.23. The Morgan fingerprint density at radius 3 is 2.79 bits per heavy atom. The first-order chi connectivity index (χ1) is 9.13. The minimum absolute atomic E-state index is 0.768. The number of para-hydroxylation sites is 1. The van der Waals surface area contributed by atoms with Gasteiger partial charge in [0.25, 0.3) is 0 Å². The highest BCUT2D eigenvalue weighted by Gasteiger charge is 2.08. The van der Waals surface area contributed by atoms with Gasteiger partial charge in [0.05, 0.1) is 12.6 Å². The fourth-order valence-corrected chi connectivity index (χ4v) is 2.54. The van der Waals surface area contributed by atoms with Gasteiger partial charge in [-0.1, -0.05) is 6.07 Å². The van der Waals surface area contributed by atoms with Crippen LogP contribution in [0.2, 0.25) is 0 Å². The highest BCUT2D eigenvalue weighted by Crippen LogP contribution is 2.24. The van der Waals surface area contributed by atoms with Crippen molar-refractivity contribution in [3.63, 3.8) is 0 Å². The van der Waals surface area contributed by atoms with Crippen LogP contribution in [0.1, 0.15) is 12.8 Å². The van der Waals surface area contributed by atoms with Gasteiger partial charge in [-0.15, -0.1) is 0 Å². The van der Waals surface area contributed by atoms with E-state index in [2.05, 4.69) is 34.6 Å². The minimum atomic E-state index is 0.768. The molecule has 2 rings (SSSR count).